The minimum Gasteiger partial charge on any atom is -0.306 e. The van der Waals surface area contributed by atoms with Gasteiger partial charge in [0.1, 0.15) is 11.5 Å². The van der Waals surface area contributed by atoms with E-state index in [-0.39, 0.29) is 5.91 Å². The molecule has 1 amide bonds. The summed E-state index contributed by atoms with van der Waals surface area (Å²) in [6.07, 6.45) is 1.72. The molecule has 0 aliphatic carbocycles. The predicted molar refractivity (Wildman–Crippen MR) is 106 cm³/mol. The summed E-state index contributed by atoms with van der Waals surface area (Å²) in [5.74, 6) is 0.409. The van der Waals surface area contributed by atoms with Crippen molar-refractivity contribution in [1.29, 1.82) is 0 Å². The van der Waals surface area contributed by atoms with Crippen molar-refractivity contribution in [2.75, 3.05) is 5.32 Å². The zero-order valence-electron chi connectivity index (χ0n) is 14.8. The van der Waals surface area contributed by atoms with Crippen LogP contribution in [0, 0.1) is 6.92 Å². The summed E-state index contributed by atoms with van der Waals surface area (Å²) in [5, 5.41) is 7.62. The van der Waals surface area contributed by atoms with Gasteiger partial charge in [0.2, 0.25) is 0 Å². The van der Waals surface area contributed by atoms with Crippen molar-refractivity contribution in [3.8, 4) is 17.1 Å². The number of anilines is 1. The number of aromatic nitrogens is 3. The highest BCUT2D eigenvalue weighted by Crippen LogP contribution is 2.24. The second-order valence-corrected chi connectivity index (χ2v) is 6.20. The maximum Gasteiger partial charge on any atom is 0.256 e. The molecule has 4 rings (SSSR count). The van der Waals surface area contributed by atoms with Crippen LogP contribution in [0.3, 0.4) is 0 Å². The van der Waals surface area contributed by atoms with Crippen LogP contribution < -0.4 is 5.32 Å². The molecule has 0 atom stereocenters. The Morgan fingerprint density at radius 1 is 0.889 bits per heavy atom. The number of rotatable bonds is 4. The van der Waals surface area contributed by atoms with Gasteiger partial charge in [0.25, 0.3) is 5.91 Å². The lowest BCUT2D eigenvalue weighted by Crippen LogP contribution is -2.15. The Bertz CT molecular complexity index is 1050. The first-order chi connectivity index (χ1) is 13.2. The molecule has 0 spiro atoms. The molecule has 0 unspecified atom stereocenters. The minimum atomic E-state index is -0.181. The molecule has 2 aromatic heterocycles. The van der Waals surface area contributed by atoms with Crippen LogP contribution in [0.25, 0.3) is 17.1 Å². The van der Waals surface area contributed by atoms with E-state index < -0.39 is 0 Å². The first-order valence-electron chi connectivity index (χ1n) is 8.65. The maximum atomic E-state index is 12.7. The van der Waals surface area contributed by atoms with Crippen LogP contribution in [0.5, 0.6) is 0 Å². The second kappa shape index (κ2) is 7.25. The minimum absolute atomic E-state index is 0.181. The average molecular weight is 354 g/mol. The van der Waals surface area contributed by atoms with Crippen molar-refractivity contribution in [1.82, 2.24) is 14.8 Å². The Morgan fingerprint density at radius 2 is 1.63 bits per heavy atom. The number of hydrogen-bond donors (Lipinski definition) is 1. The number of para-hydroxylation sites is 1. The summed E-state index contributed by atoms with van der Waals surface area (Å²) >= 11 is 0. The number of aryl methyl sites for hydroxylation is 1. The van der Waals surface area contributed by atoms with E-state index in [0.29, 0.717) is 17.1 Å². The van der Waals surface area contributed by atoms with Crippen molar-refractivity contribution in [2.45, 2.75) is 6.92 Å². The molecule has 5 nitrogen and oxygen atoms in total. The molecule has 5 heteroatoms. The molecular formula is C22H18N4O. The van der Waals surface area contributed by atoms with Gasteiger partial charge in [-0.3, -0.25) is 9.78 Å². The third kappa shape index (κ3) is 3.62. The highest BCUT2D eigenvalue weighted by atomic mass is 16.1. The van der Waals surface area contributed by atoms with E-state index in [1.807, 2.05) is 85.8 Å². The normalized spacial score (nSPS) is 10.6. The summed E-state index contributed by atoms with van der Waals surface area (Å²) in [7, 11) is 0. The summed E-state index contributed by atoms with van der Waals surface area (Å²) in [5.41, 5.74) is 4.01. The van der Waals surface area contributed by atoms with Gasteiger partial charge in [-0.15, -0.1) is 0 Å². The number of nitrogens with zero attached hydrogens (tertiary/aromatic N) is 3. The fourth-order valence-corrected chi connectivity index (χ4v) is 2.77. The fraction of sp³-hybridized carbons (Fsp3) is 0.0455. The average Bonchev–Trinajstić information content (AvgIpc) is 3.13. The SMILES string of the molecule is Cc1ccc(C(=O)Nc2cc(-c3ccccn3)nn2-c2ccccc2)cc1. The van der Waals surface area contributed by atoms with Crippen molar-refractivity contribution in [3.05, 3.63) is 96.2 Å². The molecule has 0 aliphatic heterocycles. The van der Waals surface area contributed by atoms with Gasteiger partial charge in [0, 0.05) is 17.8 Å². The molecule has 2 aromatic carbocycles. The van der Waals surface area contributed by atoms with Crippen molar-refractivity contribution in [2.24, 2.45) is 0 Å². The van der Waals surface area contributed by atoms with Gasteiger partial charge < -0.3 is 5.32 Å². The largest absolute Gasteiger partial charge is 0.306 e. The van der Waals surface area contributed by atoms with Gasteiger partial charge in [0.05, 0.1) is 11.4 Å². The molecule has 2 heterocycles. The quantitative estimate of drug-likeness (QED) is 0.587. The third-order valence-electron chi connectivity index (χ3n) is 4.19. The van der Waals surface area contributed by atoms with Gasteiger partial charge in [0.15, 0.2) is 0 Å². The Morgan fingerprint density at radius 3 is 2.33 bits per heavy atom. The van der Waals surface area contributed by atoms with Gasteiger partial charge in [-0.05, 0) is 43.3 Å². The first kappa shape index (κ1) is 16.7. The number of pyridine rings is 1. The number of amides is 1. The predicted octanol–water partition coefficient (Wildman–Crippen LogP) is 4.50. The Labute approximate surface area is 157 Å². The van der Waals surface area contributed by atoms with Gasteiger partial charge in [-0.2, -0.15) is 5.10 Å². The van der Waals surface area contributed by atoms with E-state index >= 15 is 0 Å². The number of hydrogen-bond acceptors (Lipinski definition) is 3. The van der Waals surface area contributed by atoms with Crippen molar-refractivity contribution >= 4 is 11.7 Å². The van der Waals surface area contributed by atoms with E-state index in [1.165, 1.54) is 0 Å². The molecule has 0 saturated heterocycles. The van der Waals surface area contributed by atoms with Gasteiger partial charge in [-0.1, -0.05) is 42.0 Å². The topological polar surface area (TPSA) is 59.8 Å². The Balaban J connectivity index is 1.73. The molecule has 132 valence electrons. The van der Waals surface area contributed by atoms with Crippen LogP contribution in [0.15, 0.2) is 85.1 Å². The van der Waals surface area contributed by atoms with Crippen LogP contribution in [0.2, 0.25) is 0 Å². The fourth-order valence-electron chi connectivity index (χ4n) is 2.77. The first-order valence-corrected chi connectivity index (χ1v) is 8.65. The highest BCUT2D eigenvalue weighted by Gasteiger charge is 2.15. The molecule has 4 aromatic rings. The van der Waals surface area contributed by atoms with E-state index in [1.54, 1.807) is 10.9 Å². The van der Waals surface area contributed by atoms with Crippen LogP contribution >= 0.6 is 0 Å². The molecule has 1 N–H and O–H groups in total. The molecule has 0 radical (unpaired) electrons. The van der Waals surface area contributed by atoms with Gasteiger partial charge >= 0.3 is 0 Å². The van der Waals surface area contributed by atoms with E-state index in [9.17, 15) is 4.79 Å². The Hall–Kier alpha value is -3.73. The molecular weight excluding hydrogens is 336 g/mol. The molecule has 0 aliphatic rings. The van der Waals surface area contributed by atoms with Crippen LogP contribution in [0.1, 0.15) is 15.9 Å². The monoisotopic (exact) mass is 354 g/mol. The third-order valence-corrected chi connectivity index (χ3v) is 4.19. The number of nitrogens with one attached hydrogen (secondary N) is 1. The zero-order valence-corrected chi connectivity index (χ0v) is 14.8. The van der Waals surface area contributed by atoms with Crippen LogP contribution in [0.4, 0.5) is 5.82 Å². The summed E-state index contributed by atoms with van der Waals surface area (Å²) in [6.45, 7) is 1.99. The molecule has 0 bridgehead atoms. The lowest BCUT2D eigenvalue weighted by atomic mass is 10.1. The number of benzene rings is 2. The molecule has 0 fully saturated rings. The van der Waals surface area contributed by atoms with Crippen LogP contribution in [-0.2, 0) is 0 Å². The van der Waals surface area contributed by atoms with E-state index in [0.717, 1.165) is 16.9 Å². The van der Waals surface area contributed by atoms with Crippen molar-refractivity contribution in [3.63, 3.8) is 0 Å². The molecule has 0 saturated carbocycles. The van der Waals surface area contributed by atoms with Crippen molar-refractivity contribution < 1.29 is 4.79 Å². The smallest absolute Gasteiger partial charge is 0.256 e. The van der Waals surface area contributed by atoms with Gasteiger partial charge in [-0.25, -0.2) is 4.68 Å². The summed E-state index contributed by atoms with van der Waals surface area (Å²) < 4.78 is 1.72. The van der Waals surface area contributed by atoms with E-state index in [4.69, 9.17) is 0 Å². The highest BCUT2D eigenvalue weighted by molar-refractivity contribution is 6.04. The number of carbonyl (C=O) groups excluding carboxylic acids is 1. The number of carbonyl (C=O) groups is 1. The van der Waals surface area contributed by atoms with E-state index in [2.05, 4.69) is 15.4 Å². The lowest BCUT2D eigenvalue weighted by Gasteiger charge is -2.09. The van der Waals surface area contributed by atoms with Crippen LogP contribution in [-0.4, -0.2) is 20.7 Å². The second-order valence-electron chi connectivity index (χ2n) is 6.20. The zero-order chi connectivity index (χ0) is 18.6. The standard InChI is InChI=1S/C22H18N4O/c1-16-10-12-17(13-11-16)22(27)24-21-15-20(19-9-5-6-14-23-19)25-26(21)18-7-3-2-4-8-18/h2-15H,1H3,(H,24,27). The summed E-state index contributed by atoms with van der Waals surface area (Å²) in [6, 6.07) is 24.7. The Kier molecular flexibility index (Phi) is 4.49. The summed E-state index contributed by atoms with van der Waals surface area (Å²) in [4.78, 5) is 17.0. The lowest BCUT2D eigenvalue weighted by molar-refractivity contribution is 0.102. The molecule has 27 heavy (non-hydrogen) atoms. The maximum absolute atomic E-state index is 12.7.